The van der Waals surface area contributed by atoms with E-state index in [1.54, 1.807) is 30.3 Å². The van der Waals surface area contributed by atoms with E-state index in [1.165, 1.54) is 18.4 Å². The summed E-state index contributed by atoms with van der Waals surface area (Å²) in [6.07, 6.45) is 0. The molecule has 1 heterocycles. The van der Waals surface area contributed by atoms with Gasteiger partial charge in [-0.05, 0) is 30.3 Å². The van der Waals surface area contributed by atoms with Gasteiger partial charge in [0.25, 0.3) is 5.91 Å². The second-order valence-corrected chi connectivity index (χ2v) is 6.80. The molecular formula is C15H9Cl3N2O2S. The molecule has 23 heavy (non-hydrogen) atoms. The van der Waals surface area contributed by atoms with E-state index in [9.17, 15) is 4.79 Å². The molecule has 118 valence electrons. The zero-order valence-electron chi connectivity index (χ0n) is 11.7. The Morgan fingerprint density at radius 3 is 2.65 bits per heavy atom. The van der Waals surface area contributed by atoms with Gasteiger partial charge in [-0.2, -0.15) is 0 Å². The summed E-state index contributed by atoms with van der Waals surface area (Å²) in [5.74, 6) is -0.222. The molecular weight excluding hydrogens is 379 g/mol. The second-order valence-electron chi connectivity index (χ2n) is 4.52. The summed E-state index contributed by atoms with van der Waals surface area (Å²) in [7, 11) is 1.42. The van der Waals surface area contributed by atoms with Crippen LogP contribution < -0.4 is 10.1 Å². The SMILES string of the molecule is COc1c(Cl)ccc(Cl)c1C(=O)Nc1nc2ccc(Cl)cc2s1. The number of fused-ring (bicyclic) bond motifs is 1. The highest BCUT2D eigenvalue weighted by Crippen LogP contribution is 2.35. The van der Waals surface area contributed by atoms with Crippen molar-refractivity contribution in [3.8, 4) is 5.75 Å². The van der Waals surface area contributed by atoms with Gasteiger partial charge in [0.05, 0.1) is 27.4 Å². The number of anilines is 1. The van der Waals surface area contributed by atoms with Crippen LogP contribution in [0, 0.1) is 0 Å². The minimum absolute atomic E-state index is 0.166. The van der Waals surface area contributed by atoms with Crippen LogP contribution in [0.15, 0.2) is 30.3 Å². The molecule has 3 rings (SSSR count). The average molecular weight is 388 g/mol. The number of carbonyl (C=O) groups excluding carboxylic acids is 1. The Morgan fingerprint density at radius 1 is 1.17 bits per heavy atom. The Morgan fingerprint density at radius 2 is 1.91 bits per heavy atom. The quantitative estimate of drug-likeness (QED) is 0.644. The van der Waals surface area contributed by atoms with Gasteiger partial charge in [0.15, 0.2) is 10.9 Å². The van der Waals surface area contributed by atoms with Gasteiger partial charge in [0.1, 0.15) is 5.56 Å². The molecule has 0 aliphatic rings. The van der Waals surface area contributed by atoms with Crippen molar-refractivity contribution in [2.45, 2.75) is 0 Å². The van der Waals surface area contributed by atoms with Crippen molar-refractivity contribution in [1.82, 2.24) is 4.98 Å². The Labute approximate surface area is 150 Å². The normalized spacial score (nSPS) is 10.8. The Bertz CT molecular complexity index is 911. The van der Waals surface area contributed by atoms with Crippen LogP contribution in [-0.2, 0) is 0 Å². The fraction of sp³-hybridized carbons (Fsp3) is 0.0667. The molecule has 1 aromatic heterocycles. The third-order valence-corrected chi connectivity index (χ3v) is 4.84. The zero-order valence-corrected chi connectivity index (χ0v) is 14.8. The number of amides is 1. The highest BCUT2D eigenvalue weighted by atomic mass is 35.5. The summed E-state index contributed by atoms with van der Waals surface area (Å²) in [5, 5.41) is 4.30. The Balaban J connectivity index is 1.96. The molecule has 0 fully saturated rings. The van der Waals surface area contributed by atoms with E-state index in [0.717, 1.165) is 10.2 Å². The predicted octanol–water partition coefficient (Wildman–Crippen LogP) is 5.52. The number of ether oxygens (including phenoxy) is 1. The predicted molar refractivity (Wildman–Crippen MR) is 95.6 cm³/mol. The molecule has 0 spiro atoms. The molecule has 0 atom stereocenters. The number of benzene rings is 2. The summed E-state index contributed by atoms with van der Waals surface area (Å²) >= 11 is 19.4. The number of nitrogens with zero attached hydrogens (tertiary/aromatic N) is 1. The van der Waals surface area contributed by atoms with Crippen molar-refractivity contribution >= 4 is 67.4 Å². The maximum atomic E-state index is 12.5. The number of halogens is 3. The van der Waals surface area contributed by atoms with Crippen molar-refractivity contribution in [2.75, 3.05) is 12.4 Å². The molecule has 8 heteroatoms. The summed E-state index contributed by atoms with van der Waals surface area (Å²) in [4.78, 5) is 16.9. The molecule has 0 saturated heterocycles. The molecule has 0 radical (unpaired) electrons. The average Bonchev–Trinajstić information content (AvgIpc) is 2.90. The van der Waals surface area contributed by atoms with Crippen LogP contribution in [0.25, 0.3) is 10.2 Å². The molecule has 1 N–H and O–H groups in total. The van der Waals surface area contributed by atoms with Gasteiger partial charge in [0.2, 0.25) is 0 Å². The second kappa shape index (κ2) is 6.53. The molecule has 4 nitrogen and oxygen atoms in total. The van der Waals surface area contributed by atoms with Gasteiger partial charge in [-0.3, -0.25) is 10.1 Å². The van der Waals surface area contributed by atoms with Gasteiger partial charge < -0.3 is 4.74 Å². The third-order valence-electron chi connectivity index (χ3n) is 3.06. The largest absolute Gasteiger partial charge is 0.494 e. The number of rotatable bonds is 3. The van der Waals surface area contributed by atoms with Crippen molar-refractivity contribution in [3.63, 3.8) is 0 Å². The first-order valence-electron chi connectivity index (χ1n) is 6.39. The lowest BCUT2D eigenvalue weighted by molar-refractivity contribution is 0.102. The number of hydrogen-bond acceptors (Lipinski definition) is 4. The monoisotopic (exact) mass is 386 g/mol. The Hall–Kier alpha value is -1.53. The van der Waals surface area contributed by atoms with E-state index in [-0.39, 0.29) is 16.3 Å². The molecule has 0 aliphatic carbocycles. The fourth-order valence-corrected chi connectivity index (χ4v) is 3.66. The smallest absolute Gasteiger partial charge is 0.262 e. The van der Waals surface area contributed by atoms with Crippen molar-refractivity contribution in [3.05, 3.63) is 51.0 Å². The first-order valence-corrected chi connectivity index (χ1v) is 8.34. The van der Waals surface area contributed by atoms with Gasteiger partial charge in [0, 0.05) is 5.02 Å². The van der Waals surface area contributed by atoms with Crippen LogP contribution >= 0.6 is 46.1 Å². The van der Waals surface area contributed by atoms with Crippen LogP contribution in [0.4, 0.5) is 5.13 Å². The maximum Gasteiger partial charge on any atom is 0.262 e. The molecule has 3 aromatic rings. The number of hydrogen-bond donors (Lipinski definition) is 1. The topological polar surface area (TPSA) is 51.2 Å². The van der Waals surface area contributed by atoms with E-state index in [4.69, 9.17) is 39.5 Å². The van der Waals surface area contributed by atoms with Gasteiger partial charge in [-0.1, -0.05) is 46.1 Å². The standard InChI is InChI=1S/C15H9Cl3N2O2S/c1-22-13-9(18)4-3-8(17)12(13)14(21)20-15-19-10-5-2-7(16)6-11(10)23-15/h2-6H,1H3,(H,19,20,21). The third kappa shape index (κ3) is 3.23. The van der Waals surface area contributed by atoms with Crippen LogP contribution in [0.1, 0.15) is 10.4 Å². The minimum atomic E-state index is -0.445. The van der Waals surface area contributed by atoms with Crippen molar-refractivity contribution < 1.29 is 9.53 Å². The highest BCUT2D eigenvalue weighted by molar-refractivity contribution is 7.22. The molecule has 0 unspecified atom stereocenters. The van der Waals surface area contributed by atoms with E-state index in [0.29, 0.717) is 15.2 Å². The van der Waals surface area contributed by atoms with Gasteiger partial charge in [-0.25, -0.2) is 4.98 Å². The molecule has 2 aromatic carbocycles. The Kier molecular flexibility index (Phi) is 4.64. The van der Waals surface area contributed by atoms with Crippen molar-refractivity contribution in [2.24, 2.45) is 0 Å². The highest BCUT2D eigenvalue weighted by Gasteiger charge is 2.20. The first kappa shape index (κ1) is 16.3. The lowest BCUT2D eigenvalue weighted by Gasteiger charge is -2.11. The number of methoxy groups -OCH3 is 1. The fourth-order valence-electron chi connectivity index (χ4n) is 2.06. The number of aromatic nitrogens is 1. The molecule has 0 saturated carbocycles. The van der Waals surface area contributed by atoms with E-state index >= 15 is 0 Å². The minimum Gasteiger partial charge on any atom is -0.494 e. The summed E-state index contributed by atoms with van der Waals surface area (Å²) in [6, 6.07) is 8.43. The number of thiazole rings is 1. The molecule has 1 amide bonds. The van der Waals surface area contributed by atoms with E-state index < -0.39 is 5.91 Å². The maximum absolute atomic E-state index is 12.5. The van der Waals surface area contributed by atoms with Crippen LogP contribution in [0.2, 0.25) is 15.1 Å². The van der Waals surface area contributed by atoms with Crippen LogP contribution in [0.3, 0.4) is 0 Å². The number of nitrogens with one attached hydrogen (secondary N) is 1. The van der Waals surface area contributed by atoms with E-state index in [1.807, 2.05) is 0 Å². The van der Waals surface area contributed by atoms with Gasteiger partial charge in [-0.15, -0.1) is 0 Å². The lowest BCUT2D eigenvalue weighted by Crippen LogP contribution is -2.14. The molecule has 0 aliphatic heterocycles. The van der Waals surface area contributed by atoms with E-state index in [2.05, 4.69) is 10.3 Å². The first-order chi connectivity index (χ1) is 11.0. The summed E-state index contributed by atoms with van der Waals surface area (Å²) in [5.41, 5.74) is 0.915. The van der Waals surface area contributed by atoms with Crippen molar-refractivity contribution in [1.29, 1.82) is 0 Å². The van der Waals surface area contributed by atoms with Gasteiger partial charge >= 0.3 is 0 Å². The molecule has 0 bridgehead atoms. The van der Waals surface area contributed by atoms with Crippen LogP contribution in [0.5, 0.6) is 5.75 Å². The zero-order chi connectivity index (χ0) is 16.6. The summed E-state index contributed by atoms with van der Waals surface area (Å²) < 4.78 is 6.05. The lowest BCUT2D eigenvalue weighted by atomic mass is 10.2. The van der Waals surface area contributed by atoms with Crippen LogP contribution in [-0.4, -0.2) is 18.0 Å². The number of carbonyl (C=O) groups is 1. The summed E-state index contributed by atoms with van der Waals surface area (Å²) in [6.45, 7) is 0.